The molecule has 4 unspecified atom stereocenters. The second kappa shape index (κ2) is 7.85. The van der Waals surface area contributed by atoms with Crippen LogP contribution in [-0.2, 0) is 9.47 Å². The normalized spacial score (nSPS) is 51.4. The molecule has 24 heavy (non-hydrogen) atoms. The smallest absolute Gasteiger partial charge is 0.176 e. The van der Waals surface area contributed by atoms with Gasteiger partial charge in [0.25, 0.3) is 0 Å². The zero-order chi connectivity index (χ0) is 18.2. The monoisotopic (exact) mass is 353 g/mol. The Morgan fingerprint density at radius 1 is 0.958 bits per heavy atom. The quantitative estimate of drug-likeness (QED) is 0.232. The minimum Gasteiger partial charge on any atom is -0.394 e. The van der Waals surface area contributed by atoms with Crippen LogP contribution in [0.2, 0.25) is 0 Å². The first-order valence-electron chi connectivity index (χ1n) is 7.77. The van der Waals surface area contributed by atoms with Crippen LogP contribution in [0.25, 0.3) is 0 Å². The highest BCUT2D eigenvalue weighted by Gasteiger charge is 2.49. The summed E-state index contributed by atoms with van der Waals surface area (Å²) in [4.78, 5) is 0. The largest absolute Gasteiger partial charge is 0.394 e. The lowest BCUT2D eigenvalue weighted by Gasteiger charge is -2.46. The number of rotatable bonds is 4. The minimum absolute atomic E-state index is 0.179. The maximum absolute atomic E-state index is 10.1. The minimum atomic E-state index is -1.54. The molecule has 11 atom stereocenters. The third-order valence-corrected chi connectivity index (χ3v) is 4.64. The summed E-state index contributed by atoms with van der Waals surface area (Å²) in [6, 6.07) is -2.64. The molecule has 0 aromatic heterocycles. The lowest BCUT2D eigenvalue weighted by molar-refractivity contribution is -0.303. The molecule has 0 radical (unpaired) electrons. The molecule has 1 aliphatic carbocycles. The lowest BCUT2D eigenvalue weighted by Crippen LogP contribution is -2.68. The van der Waals surface area contributed by atoms with Crippen LogP contribution >= 0.6 is 0 Å². The van der Waals surface area contributed by atoms with E-state index in [1.54, 1.807) is 0 Å². The Kier molecular flexibility index (Phi) is 6.50. The summed E-state index contributed by atoms with van der Waals surface area (Å²) in [6.07, 6.45) is -10.7. The van der Waals surface area contributed by atoms with E-state index in [0.29, 0.717) is 0 Å². The summed E-state index contributed by atoms with van der Waals surface area (Å²) in [5.41, 5.74) is 17.3. The van der Waals surface area contributed by atoms with E-state index in [1.165, 1.54) is 0 Å². The van der Waals surface area contributed by atoms with E-state index in [1.807, 2.05) is 0 Å². The highest BCUT2D eigenvalue weighted by Crippen LogP contribution is 2.28. The fourth-order valence-electron chi connectivity index (χ4n) is 3.08. The van der Waals surface area contributed by atoms with Gasteiger partial charge in [0.05, 0.1) is 18.8 Å². The van der Waals surface area contributed by atoms with Crippen LogP contribution in [0.3, 0.4) is 0 Å². The summed E-state index contributed by atoms with van der Waals surface area (Å²) in [6.45, 7) is -0.713. The zero-order valence-electron chi connectivity index (χ0n) is 13.0. The molecule has 2 aliphatic rings. The molecule has 2 fully saturated rings. The third-order valence-electron chi connectivity index (χ3n) is 4.64. The van der Waals surface area contributed by atoms with E-state index in [-0.39, 0.29) is 6.42 Å². The van der Waals surface area contributed by atoms with Crippen molar-refractivity contribution < 1.29 is 40.1 Å². The molecule has 0 amide bonds. The van der Waals surface area contributed by atoms with Crippen LogP contribution in [0, 0.1) is 0 Å². The Morgan fingerprint density at radius 2 is 1.58 bits per heavy atom. The zero-order valence-corrected chi connectivity index (χ0v) is 13.0. The van der Waals surface area contributed by atoms with Crippen molar-refractivity contribution in [3.8, 4) is 0 Å². The molecule has 1 saturated heterocycles. The Balaban J connectivity index is 2.12. The molecule has 1 aliphatic heterocycles. The molecule has 12 N–H and O–H groups in total. The summed E-state index contributed by atoms with van der Waals surface area (Å²) < 4.78 is 10.9. The summed E-state index contributed by atoms with van der Waals surface area (Å²) >= 11 is 0. The number of aliphatic hydroxyl groups is 6. The topological polar surface area (TPSA) is 218 Å². The summed E-state index contributed by atoms with van der Waals surface area (Å²) in [5.74, 6) is 0. The lowest BCUT2D eigenvalue weighted by atomic mass is 9.84. The van der Waals surface area contributed by atoms with Gasteiger partial charge >= 0.3 is 0 Å². The first-order chi connectivity index (χ1) is 11.2. The fraction of sp³-hybridized carbons (Fsp3) is 1.00. The van der Waals surface area contributed by atoms with Gasteiger partial charge in [-0.1, -0.05) is 0 Å². The molecule has 11 heteroatoms. The number of hydrogen-bond acceptors (Lipinski definition) is 11. The Morgan fingerprint density at radius 3 is 2.17 bits per heavy atom. The maximum Gasteiger partial charge on any atom is 0.176 e. The van der Waals surface area contributed by atoms with Crippen LogP contribution in [0.15, 0.2) is 0 Å². The van der Waals surface area contributed by atoms with Crippen LogP contribution in [0.1, 0.15) is 6.42 Å². The molecule has 2 rings (SSSR count). The highest BCUT2D eigenvalue weighted by atomic mass is 16.7. The second-order valence-corrected chi connectivity index (χ2v) is 6.42. The SMILES string of the molecule is NC1[C@@H](O[C@@H]2C(N)C[C@@H](N)C(O)[C@H]2O)OC([C@@H](O)CO)[C@@H](O)[C@@H]1O. The van der Waals surface area contributed by atoms with Crippen LogP contribution in [0.5, 0.6) is 0 Å². The predicted octanol–water partition coefficient (Wildman–Crippen LogP) is -5.72. The van der Waals surface area contributed by atoms with Gasteiger partial charge in [0.1, 0.15) is 36.6 Å². The van der Waals surface area contributed by atoms with Gasteiger partial charge in [0, 0.05) is 12.1 Å². The van der Waals surface area contributed by atoms with Crippen LogP contribution in [-0.4, -0.2) is 104 Å². The van der Waals surface area contributed by atoms with Gasteiger partial charge in [-0.3, -0.25) is 0 Å². The van der Waals surface area contributed by atoms with Gasteiger partial charge in [-0.05, 0) is 6.42 Å². The first-order valence-corrected chi connectivity index (χ1v) is 7.77. The van der Waals surface area contributed by atoms with E-state index >= 15 is 0 Å². The van der Waals surface area contributed by atoms with Crippen molar-refractivity contribution in [2.75, 3.05) is 6.61 Å². The third kappa shape index (κ3) is 3.71. The van der Waals surface area contributed by atoms with Gasteiger partial charge in [-0.25, -0.2) is 0 Å². The van der Waals surface area contributed by atoms with E-state index in [2.05, 4.69) is 0 Å². The highest BCUT2D eigenvalue weighted by molar-refractivity contribution is 5.00. The molecular weight excluding hydrogens is 326 g/mol. The average Bonchev–Trinajstić information content (AvgIpc) is 2.55. The second-order valence-electron chi connectivity index (χ2n) is 6.42. The Hall–Kier alpha value is -0.440. The molecule has 11 nitrogen and oxygen atoms in total. The van der Waals surface area contributed by atoms with Crippen molar-refractivity contribution in [1.82, 2.24) is 0 Å². The molecule has 0 spiro atoms. The molecule has 1 heterocycles. The van der Waals surface area contributed by atoms with Crippen molar-refractivity contribution in [2.45, 2.75) is 73.6 Å². The van der Waals surface area contributed by atoms with E-state index in [0.717, 1.165) is 0 Å². The van der Waals surface area contributed by atoms with Crippen LogP contribution < -0.4 is 17.2 Å². The van der Waals surface area contributed by atoms with Crippen molar-refractivity contribution in [1.29, 1.82) is 0 Å². The van der Waals surface area contributed by atoms with Gasteiger partial charge < -0.3 is 57.3 Å². The van der Waals surface area contributed by atoms with Gasteiger partial charge in [0.2, 0.25) is 0 Å². The molecular formula is C13H27N3O8. The van der Waals surface area contributed by atoms with Gasteiger partial charge in [-0.2, -0.15) is 0 Å². The Labute approximate surface area is 138 Å². The van der Waals surface area contributed by atoms with Crippen molar-refractivity contribution in [2.24, 2.45) is 17.2 Å². The summed E-state index contributed by atoms with van der Waals surface area (Å²) in [7, 11) is 0. The number of nitrogens with two attached hydrogens (primary N) is 3. The molecule has 142 valence electrons. The van der Waals surface area contributed by atoms with Gasteiger partial charge in [-0.15, -0.1) is 0 Å². The average molecular weight is 353 g/mol. The number of ether oxygens (including phenoxy) is 2. The van der Waals surface area contributed by atoms with E-state index in [9.17, 15) is 25.5 Å². The predicted molar refractivity (Wildman–Crippen MR) is 79.2 cm³/mol. The van der Waals surface area contributed by atoms with Crippen molar-refractivity contribution in [3.05, 3.63) is 0 Å². The molecule has 0 aromatic carbocycles. The number of aliphatic hydroxyl groups excluding tert-OH is 6. The standard InChI is InChI=1S/C13H27N3O8/c14-3-1-4(15)11(9(21)7(3)19)23-13-6(16)8(20)10(22)12(24-13)5(18)2-17/h3-13,17-22H,1-2,14-16H2/t3-,4?,5+,6?,7?,8-,9-,10+,11-,12?,13+/m1/s1. The Bertz CT molecular complexity index is 419. The number of hydrogen-bond donors (Lipinski definition) is 9. The molecule has 0 aromatic rings. The van der Waals surface area contributed by atoms with Gasteiger partial charge in [0.15, 0.2) is 6.29 Å². The van der Waals surface area contributed by atoms with E-state index in [4.69, 9.17) is 31.8 Å². The fourth-order valence-corrected chi connectivity index (χ4v) is 3.08. The van der Waals surface area contributed by atoms with Crippen molar-refractivity contribution >= 4 is 0 Å². The van der Waals surface area contributed by atoms with E-state index < -0.39 is 73.8 Å². The molecule has 1 saturated carbocycles. The summed E-state index contributed by atoms with van der Waals surface area (Å²) in [5, 5.41) is 58.6. The van der Waals surface area contributed by atoms with Crippen molar-refractivity contribution in [3.63, 3.8) is 0 Å². The maximum atomic E-state index is 10.1. The van der Waals surface area contributed by atoms with Crippen LogP contribution in [0.4, 0.5) is 0 Å². The first kappa shape index (κ1) is 19.9. The molecule has 0 bridgehead atoms.